The molecule has 1 aromatic rings. The average Bonchev–Trinajstić information content (AvgIpc) is 2.24. The van der Waals surface area contributed by atoms with E-state index in [9.17, 15) is 0 Å². The molecule has 1 aliphatic carbocycles. The van der Waals surface area contributed by atoms with Crippen LogP contribution >= 0.6 is 27.5 Å². The summed E-state index contributed by atoms with van der Waals surface area (Å²) in [5.41, 5.74) is 1.64. The molecule has 1 saturated carbocycles. The van der Waals surface area contributed by atoms with E-state index in [0.29, 0.717) is 17.4 Å². The molecule has 0 spiro atoms. The van der Waals surface area contributed by atoms with Crippen LogP contribution in [0.15, 0.2) is 22.7 Å². The Bertz CT molecular complexity index is 431. The van der Waals surface area contributed by atoms with Crippen molar-refractivity contribution in [3.8, 4) is 0 Å². The second-order valence-electron chi connectivity index (χ2n) is 6.26. The third-order valence-electron chi connectivity index (χ3n) is 3.97. The average molecular weight is 331 g/mol. The fourth-order valence-electron chi connectivity index (χ4n) is 2.97. The number of anilines is 1. The Hall–Kier alpha value is -0.210. The van der Waals surface area contributed by atoms with Gasteiger partial charge in [-0.2, -0.15) is 0 Å². The number of nitrogens with one attached hydrogen (secondary N) is 1. The van der Waals surface area contributed by atoms with E-state index >= 15 is 0 Å². The van der Waals surface area contributed by atoms with Crippen LogP contribution in [0.2, 0.25) is 5.02 Å². The highest BCUT2D eigenvalue weighted by Crippen LogP contribution is 2.40. The summed E-state index contributed by atoms with van der Waals surface area (Å²) in [5.74, 6) is 0.705. The molecule has 1 nitrogen and oxygen atoms in total. The van der Waals surface area contributed by atoms with E-state index in [4.69, 9.17) is 11.6 Å². The lowest BCUT2D eigenvalue weighted by Gasteiger charge is -2.40. The molecule has 100 valence electrons. The van der Waals surface area contributed by atoms with Crippen molar-refractivity contribution in [2.75, 3.05) is 5.32 Å². The van der Waals surface area contributed by atoms with Gasteiger partial charge in [-0.3, -0.25) is 0 Å². The maximum atomic E-state index is 5.97. The maximum Gasteiger partial charge on any atom is 0.0487 e. The van der Waals surface area contributed by atoms with Crippen molar-refractivity contribution in [3.05, 3.63) is 27.7 Å². The number of benzene rings is 1. The summed E-state index contributed by atoms with van der Waals surface area (Å²) in [5, 5.41) is 4.43. The van der Waals surface area contributed by atoms with Gasteiger partial charge in [-0.25, -0.2) is 0 Å². The lowest BCUT2D eigenvalue weighted by atomic mass is 9.70. The molecule has 0 radical (unpaired) electrons. The van der Waals surface area contributed by atoms with E-state index in [0.717, 1.165) is 15.2 Å². The van der Waals surface area contributed by atoms with Crippen molar-refractivity contribution in [2.24, 2.45) is 11.3 Å². The molecule has 0 aliphatic heterocycles. The van der Waals surface area contributed by atoms with Crippen molar-refractivity contribution >= 4 is 33.2 Å². The molecule has 1 fully saturated rings. The highest BCUT2D eigenvalue weighted by atomic mass is 79.9. The summed E-state index contributed by atoms with van der Waals surface area (Å²) < 4.78 is 1.05. The van der Waals surface area contributed by atoms with Gasteiger partial charge in [0.2, 0.25) is 0 Å². The molecule has 2 unspecified atom stereocenters. The van der Waals surface area contributed by atoms with Gasteiger partial charge in [0.15, 0.2) is 0 Å². The predicted molar refractivity (Wildman–Crippen MR) is 83.4 cm³/mol. The normalized spacial score (nSPS) is 26.9. The molecule has 0 aromatic heterocycles. The Morgan fingerprint density at radius 2 is 2.11 bits per heavy atom. The minimum atomic E-state index is 0.495. The molecule has 2 atom stereocenters. The van der Waals surface area contributed by atoms with Crippen molar-refractivity contribution in [2.45, 2.75) is 46.1 Å². The van der Waals surface area contributed by atoms with Crippen LogP contribution < -0.4 is 5.32 Å². The molecule has 1 aromatic carbocycles. The fourth-order valence-corrected chi connectivity index (χ4v) is 3.76. The van der Waals surface area contributed by atoms with Crippen molar-refractivity contribution in [1.82, 2.24) is 0 Å². The Kier molecular flexibility index (Phi) is 4.28. The van der Waals surface area contributed by atoms with Gasteiger partial charge in [-0.05, 0) is 64.7 Å². The van der Waals surface area contributed by atoms with Crippen LogP contribution in [-0.4, -0.2) is 6.04 Å². The first-order valence-electron chi connectivity index (χ1n) is 6.59. The zero-order chi connectivity index (χ0) is 13.3. The Labute approximate surface area is 123 Å². The number of hydrogen-bond acceptors (Lipinski definition) is 1. The first-order chi connectivity index (χ1) is 8.37. The first kappa shape index (κ1) is 14.2. The van der Waals surface area contributed by atoms with Crippen LogP contribution in [0.4, 0.5) is 5.69 Å². The fraction of sp³-hybridized carbons (Fsp3) is 0.600. The van der Waals surface area contributed by atoms with Crippen molar-refractivity contribution < 1.29 is 0 Å². The summed E-state index contributed by atoms with van der Waals surface area (Å²) in [7, 11) is 0. The molecule has 18 heavy (non-hydrogen) atoms. The van der Waals surface area contributed by atoms with Crippen LogP contribution in [0.25, 0.3) is 0 Å². The van der Waals surface area contributed by atoms with E-state index in [2.05, 4.69) is 48.1 Å². The molecule has 0 bridgehead atoms. The second kappa shape index (κ2) is 5.42. The zero-order valence-electron chi connectivity index (χ0n) is 11.3. The zero-order valence-corrected chi connectivity index (χ0v) is 13.6. The molecule has 0 heterocycles. The van der Waals surface area contributed by atoms with Gasteiger partial charge >= 0.3 is 0 Å². The highest BCUT2D eigenvalue weighted by Gasteiger charge is 2.32. The van der Waals surface area contributed by atoms with Crippen LogP contribution in [0.1, 0.15) is 40.0 Å². The monoisotopic (exact) mass is 329 g/mol. The minimum Gasteiger partial charge on any atom is -0.381 e. The third-order valence-corrected chi connectivity index (χ3v) is 4.86. The number of rotatable bonds is 2. The van der Waals surface area contributed by atoms with Gasteiger partial charge in [-0.15, -0.1) is 0 Å². The largest absolute Gasteiger partial charge is 0.381 e. The summed E-state index contributed by atoms with van der Waals surface area (Å²) in [6.45, 7) is 7.10. The van der Waals surface area contributed by atoms with Crippen LogP contribution in [0.3, 0.4) is 0 Å². The maximum absolute atomic E-state index is 5.97. The van der Waals surface area contributed by atoms with E-state index in [1.807, 2.05) is 12.1 Å². The van der Waals surface area contributed by atoms with E-state index < -0.39 is 0 Å². The summed E-state index contributed by atoms with van der Waals surface area (Å²) in [6.07, 6.45) is 3.82. The Balaban J connectivity index is 2.06. The lowest BCUT2D eigenvalue weighted by molar-refractivity contribution is 0.177. The van der Waals surface area contributed by atoms with Gasteiger partial charge in [-0.1, -0.05) is 32.4 Å². The summed E-state index contributed by atoms with van der Waals surface area (Å²) in [4.78, 5) is 0. The Morgan fingerprint density at radius 1 is 1.39 bits per heavy atom. The first-order valence-corrected chi connectivity index (χ1v) is 7.76. The molecule has 1 aliphatic rings. The van der Waals surface area contributed by atoms with Gasteiger partial charge in [0.25, 0.3) is 0 Å². The minimum absolute atomic E-state index is 0.495. The van der Waals surface area contributed by atoms with Crippen LogP contribution in [0, 0.1) is 11.3 Å². The topological polar surface area (TPSA) is 12.0 Å². The molecule has 1 N–H and O–H groups in total. The van der Waals surface area contributed by atoms with Gasteiger partial charge < -0.3 is 5.32 Å². The van der Waals surface area contributed by atoms with E-state index in [1.165, 1.54) is 19.3 Å². The van der Waals surface area contributed by atoms with Crippen LogP contribution in [-0.2, 0) is 0 Å². The molecule has 3 heteroatoms. The molecular weight excluding hydrogens is 310 g/mol. The molecular formula is C15H21BrClN. The quantitative estimate of drug-likeness (QED) is 0.730. The van der Waals surface area contributed by atoms with Crippen LogP contribution in [0.5, 0.6) is 0 Å². The number of halogens is 2. The second-order valence-corrected chi connectivity index (χ2v) is 7.55. The summed E-state index contributed by atoms with van der Waals surface area (Å²) >= 11 is 9.54. The SMILES string of the molecule is CC1CC(C)(C)CCC1Nc1ccc(Cl)cc1Br. The Morgan fingerprint density at radius 3 is 2.72 bits per heavy atom. The van der Waals surface area contributed by atoms with Crippen molar-refractivity contribution in [3.63, 3.8) is 0 Å². The summed E-state index contributed by atoms with van der Waals surface area (Å²) in [6, 6.07) is 6.50. The van der Waals surface area contributed by atoms with Gasteiger partial charge in [0.05, 0.1) is 0 Å². The third kappa shape index (κ3) is 3.42. The van der Waals surface area contributed by atoms with Gasteiger partial charge in [0, 0.05) is 21.2 Å². The molecule has 0 amide bonds. The predicted octanol–water partition coefficient (Wildman–Crippen LogP) is 5.73. The standard InChI is InChI=1S/C15H21BrClN/c1-10-9-15(2,3)7-6-13(10)18-14-5-4-11(17)8-12(14)16/h4-5,8,10,13,18H,6-7,9H2,1-3H3. The lowest BCUT2D eigenvalue weighted by Crippen LogP contribution is -2.36. The van der Waals surface area contributed by atoms with E-state index in [1.54, 1.807) is 0 Å². The smallest absolute Gasteiger partial charge is 0.0487 e. The number of hydrogen-bond donors (Lipinski definition) is 1. The van der Waals surface area contributed by atoms with Crippen molar-refractivity contribution in [1.29, 1.82) is 0 Å². The molecule has 0 saturated heterocycles. The van der Waals surface area contributed by atoms with E-state index in [-0.39, 0.29) is 0 Å². The highest BCUT2D eigenvalue weighted by molar-refractivity contribution is 9.10. The molecule has 2 rings (SSSR count). The van der Waals surface area contributed by atoms with Gasteiger partial charge in [0.1, 0.15) is 0 Å².